The molecule has 0 unspecified atom stereocenters. The molecule has 0 bridgehead atoms. The second-order valence-corrected chi connectivity index (χ2v) is 11.3. The maximum atomic E-state index is 13.3. The van der Waals surface area contributed by atoms with Gasteiger partial charge in [0.1, 0.15) is 0 Å². The van der Waals surface area contributed by atoms with Crippen LogP contribution in [-0.2, 0) is 28.7 Å². The molecular weight excluding hydrogens is 452 g/mol. The van der Waals surface area contributed by atoms with E-state index in [9.17, 15) is 8.42 Å². The summed E-state index contributed by atoms with van der Waals surface area (Å²) in [6.45, 7) is 8.91. The van der Waals surface area contributed by atoms with Gasteiger partial charge in [-0.2, -0.15) is 0 Å². The fourth-order valence-electron chi connectivity index (χ4n) is 3.53. The Morgan fingerprint density at radius 2 is 2.13 bits per heavy atom. The summed E-state index contributed by atoms with van der Waals surface area (Å²) in [4.78, 5) is 6.50. The number of halogens is 1. The van der Waals surface area contributed by atoms with Crippen LogP contribution in [0, 0.1) is 11.8 Å². The monoisotopic (exact) mass is 482 g/mol. The molecule has 1 heterocycles. The van der Waals surface area contributed by atoms with Gasteiger partial charge in [-0.3, -0.25) is 0 Å². The van der Waals surface area contributed by atoms with Crippen LogP contribution in [0.1, 0.15) is 44.9 Å². The normalized spacial score (nSPS) is 14.1. The summed E-state index contributed by atoms with van der Waals surface area (Å²) in [7, 11) is -3.64. The zero-order valence-electron chi connectivity index (χ0n) is 18.3. The lowest BCUT2D eigenvalue weighted by atomic mass is 10.2. The molecule has 1 aromatic heterocycles. The first-order chi connectivity index (χ1) is 14.7. The largest absolute Gasteiger partial charge is 0.363 e. The number of nitrogens with zero attached hydrogens (tertiary/aromatic N) is 3. The predicted molar refractivity (Wildman–Crippen MR) is 129 cm³/mol. The van der Waals surface area contributed by atoms with Crippen molar-refractivity contribution in [2.45, 2.75) is 57.6 Å². The summed E-state index contributed by atoms with van der Waals surface area (Å²) < 4.78 is 28.4. The van der Waals surface area contributed by atoms with Crippen LogP contribution >= 0.6 is 23.8 Å². The molecule has 1 N–H and O–H groups in total. The second kappa shape index (κ2) is 10.3. The van der Waals surface area contributed by atoms with E-state index in [1.54, 1.807) is 30.5 Å². The average molecular weight is 483 g/mol. The minimum Gasteiger partial charge on any atom is -0.363 e. The molecule has 6 nitrogen and oxygen atoms in total. The minimum absolute atomic E-state index is 0.108. The van der Waals surface area contributed by atoms with E-state index in [2.05, 4.69) is 29.0 Å². The van der Waals surface area contributed by atoms with Crippen molar-refractivity contribution in [3.63, 3.8) is 0 Å². The van der Waals surface area contributed by atoms with Crippen molar-refractivity contribution < 1.29 is 8.42 Å². The molecule has 0 atom stereocenters. The first-order valence-electron chi connectivity index (χ1n) is 10.7. The summed E-state index contributed by atoms with van der Waals surface area (Å²) in [5, 5.41) is 4.56. The lowest BCUT2D eigenvalue weighted by Crippen LogP contribution is -2.40. The highest BCUT2D eigenvalue weighted by atomic mass is 35.5. The van der Waals surface area contributed by atoms with Gasteiger partial charge in [-0.25, -0.2) is 13.4 Å². The Morgan fingerprint density at radius 3 is 2.74 bits per heavy atom. The van der Waals surface area contributed by atoms with Crippen molar-refractivity contribution in [3.8, 4) is 0 Å². The molecule has 0 amide bonds. The lowest BCUT2D eigenvalue weighted by molar-refractivity contribution is 0.365. The number of rotatable bonds is 10. The standard InChI is InChI=1S/C22H31ClN4O2S2/c1-4-24-21(30)26(13-17-8-9-17)14-20-11-25-22(27(20)12-16(2)3)31(28,29)15-18-6-5-7-19(23)10-18/h5-7,10-11,16-17H,4,8-9,12-15H2,1-3H3,(H,24,30). The third kappa shape index (κ3) is 6.67. The van der Waals surface area contributed by atoms with Gasteiger partial charge in [0.15, 0.2) is 5.11 Å². The van der Waals surface area contributed by atoms with Gasteiger partial charge in [-0.1, -0.05) is 37.6 Å². The van der Waals surface area contributed by atoms with E-state index in [1.807, 2.05) is 11.5 Å². The van der Waals surface area contributed by atoms with E-state index >= 15 is 0 Å². The molecule has 31 heavy (non-hydrogen) atoms. The van der Waals surface area contributed by atoms with Crippen molar-refractivity contribution >= 4 is 38.8 Å². The average Bonchev–Trinajstić information content (AvgIpc) is 3.40. The molecule has 0 spiro atoms. The predicted octanol–water partition coefficient (Wildman–Crippen LogP) is 4.27. The summed E-state index contributed by atoms with van der Waals surface area (Å²) in [6, 6.07) is 6.95. The van der Waals surface area contributed by atoms with Crippen molar-refractivity contribution in [1.82, 2.24) is 19.8 Å². The van der Waals surface area contributed by atoms with Crippen molar-refractivity contribution in [2.75, 3.05) is 13.1 Å². The lowest BCUT2D eigenvalue weighted by Gasteiger charge is -2.26. The van der Waals surface area contributed by atoms with Gasteiger partial charge in [0.2, 0.25) is 15.0 Å². The molecular formula is C22H31ClN4O2S2. The van der Waals surface area contributed by atoms with Gasteiger partial charge < -0.3 is 14.8 Å². The Balaban J connectivity index is 1.90. The zero-order valence-corrected chi connectivity index (χ0v) is 20.7. The Hall–Kier alpha value is -1.64. The molecule has 1 aromatic carbocycles. The Labute approximate surface area is 195 Å². The van der Waals surface area contributed by atoms with Crippen LogP contribution in [0.3, 0.4) is 0 Å². The molecule has 2 aromatic rings. The maximum Gasteiger partial charge on any atom is 0.228 e. The summed E-state index contributed by atoms with van der Waals surface area (Å²) in [5.41, 5.74) is 1.51. The molecule has 0 aliphatic heterocycles. The van der Waals surface area contributed by atoms with E-state index in [4.69, 9.17) is 23.8 Å². The SMILES string of the molecule is CCNC(=S)N(Cc1cnc(S(=O)(=O)Cc2cccc(Cl)c2)n1CC(C)C)CC1CC1. The van der Waals surface area contributed by atoms with E-state index in [0.29, 0.717) is 34.7 Å². The third-order valence-electron chi connectivity index (χ3n) is 5.12. The van der Waals surface area contributed by atoms with E-state index < -0.39 is 9.84 Å². The molecule has 0 radical (unpaired) electrons. The van der Waals surface area contributed by atoms with Gasteiger partial charge in [0.05, 0.1) is 24.2 Å². The topological polar surface area (TPSA) is 67.2 Å². The number of hydrogen-bond acceptors (Lipinski definition) is 4. The van der Waals surface area contributed by atoms with Crippen LogP contribution in [-0.4, -0.2) is 41.1 Å². The van der Waals surface area contributed by atoms with Crippen molar-refractivity contribution in [2.24, 2.45) is 11.8 Å². The van der Waals surface area contributed by atoms with Gasteiger partial charge in [-0.15, -0.1) is 0 Å². The van der Waals surface area contributed by atoms with Crippen molar-refractivity contribution in [1.29, 1.82) is 0 Å². The number of nitrogens with one attached hydrogen (secondary N) is 1. The first-order valence-corrected chi connectivity index (χ1v) is 13.2. The fourth-order valence-corrected chi connectivity index (χ4v) is 5.51. The fraction of sp³-hybridized carbons (Fsp3) is 0.545. The zero-order chi connectivity index (χ0) is 22.6. The van der Waals surface area contributed by atoms with Crippen LogP contribution < -0.4 is 5.32 Å². The molecule has 3 rings (SSSR count). The summed E-state index contributed by atoms with van der Waals surface area (Å²) >= 11 is 11.6. The van der Waals surface area contributed by atoms with Crippen LogP contribution in [0.25, 0.3) is 0 Å². The van der Waals surface area contributed by atoms with Gasteiger partial charge in [0, 0.05) is 24.7 Å². The summed E-state index contributed by atoms with van der Waals surface area (Å²) in [5.74, 6) is 0.791. The molecule has 1 saturated carbocycles. The molecule has 9 heteroatoms. The molecule has 1 aliphatic rings. The second-order valence-electron chi connectivity index (χ2n) is 8.58. The minimum atomic E-state index is -3.64. The van der Waals surface area contributed by atoms with E-state index in [0.717, 1.165) is 18.8 Å². The van der Waals surface area contributed by atoms with Crippen LogP contribution in [0.2, 0.25) is 5.02 Å². The number of imidazole rings is 1. The Kier molecular flexibility index (Phi) is 7.99. The van der Waals surface area contributed by atoms with Crippen LogP contribution in [0.4, 0.5) is 0 Å². The quantitative estimate of drug-likeness (QED) is 0.510. The van der Waals surface area contributed by atoms with E-state index in [-0.39, 0.29) is 16.8 Å². The smallest absolute Gasteiger partial charge is 0.228 e. The first kappa shape index (κ1) is 24.0. The number of sulfone groups is 1. The van der Waals surface area contributed by atoms with Crippen LogP contribution in [0.5, 0.6) is 0 Å². The Bertz CT molecular complexity index is 1020. The van der Waals surface area contributed by atoms with Gasteiger partial charge in [0.25, 0.3) is 0 Å². The highest BCUT2D eigenvalue weighted by Gasteiger charge is 2.28. The number of aromatic nitrogens is 2. The number of hydrogen-bond donors (Lipinski definition) is 1. The van der Waals surface area contributed by atoms with E-state index in [1.165, 1.54) is 12.8 Å². The molecule has 1 aliphatic carbocycles. The number of benzene rings is 1. The third-order valence-corrected chi connectivity index (χ3v) is 7.35. The number of thiocarbonyl (C=S) groups is 1. The van der Waals surface area contributed by atoms with Crippen LogP contribution in [0.15, 0.2) is 35.6 Å². The highest BCUT2D eigenvalue weighted by Crippen LogP contribution is 2.30. The molecule has 0 saturated heterocycles. The van der Waals surface area contributed by atoms with Gasteiger partial charge >= 0.3 is 0 Å². The highest BCUT2D eigenvalue weighted by molar-refractivity contribution is 7.90. The van der Waals surface area contributed by atoms with Gasteiger partial charge in [-0.05, 0) is 61.5 Å². The summed E-state index contributed by atoms with van der Waals surface area (Å²) in [6.07, 6.45) is 4.12. The molecule has 170 valence electrons. The van der Waals surface area contributed by atoms with Crippen molar-refractivity contribution in [3.05, 3.63) is 46.7 Å². The maximum absolute atomic E-state index is 13.3. The Morgan fingerprint density at radius 1 is 1.39 bits per heavy atom. The molecule has 1 fully saturated rings.